The number of oxazole rings is 1. The van der Waals surface area contributed by atoms with Crippen molar-refractivity contribution in [2.75, 3.05) is 55.0 Å². The summed E-state index contributed by atoms with van der Waals surface area (Å²) in [4.78, 5) is 30.2. The lowest BCUT2D eigenvalue weighted by atomic mass is 9.92. The fraction of sp³-hybridized carbons (Fsp3) is 0.579. The molecule has 0 aromatic carbocycles. The zero-order valence-electron chi connectivity index (χ0n) is 17.3. The van der Waals surface area contributed by atoms with E-state index in [1.54, 1.807) is 9.58 Å². The fourth-order valence-electron chi connectivity index (χ4n) is 3.25. The minimum absolute atomic E-state index is 0.155. The largest absolute Gasteiger partial charge is 0.431 e. The molecule has 10 heteroatoms. The smallest absolute Gasteiger partial charge is 0.298 e. The van der Waals surface area contributed by atoms with E-state index in [0.717, 1.165) is 37.6 Å². The van der Waals surface area contributed by atoms with Gasteiger partial charge in [0.15, 0.2) is 12.1 Å². The topological polar surface area (TPSA) is 106 Å². The Bertz CT molecular complexity index is 853. The number of rotatable bonds is 4. The molecule has 10 nitrogen and oxygen atoms in total. The summed E-state index contributed by atoms with van der Waals surface area (Å²) in [6.07, 6.45) is 4.80. The third kappa shape index (κ3) is 4.58. The molecule has 2 fully saturated rings. The van der Waals surface area contributed by atoms with Crippen molar-refractivity contribution in [3.05, 3.63) is 18.2 Å². The number of hydrogen-bond donors (Lipinski definition) is 1. The van der Waals surface area contributed by atoms with E-state index in [2.05, 4.69) is 15.4 Å². The van der Waals surface area contributed by atoms with Gasteiger partial charge in [-0.25, -0.2) is 0 Å². The van der Waals surface area contributed by atoms with Crippen LogP contribution in [-0.2, 0) is 16.6 Å². The minimum atomic E-state index is -0.261. The molecule has 4 rings (SSSR count). The molecule has 0 aliphatic carbocycles. The monoisotopic (exact) mass is 404 g/mol. The van der Waals surface area contributed by atoms with Crippen molar-refractivity contribution in [2.24, 2.45) is 12.5 Å². The summed E-state index contributed by atoms with van der Waals surface area (Å²) >= 11 is 0. The Morgan fingerprint density at radius 2 is 1.97 bits per heavy atom. The zero-order chi connectivity index (χ0) is 21.0. The number of aldehydes is 1. The second-order valence-corrected chi connectivity index (χ2v) is 7.65. The van der Waals surface area contributed by atoms with Gasteiger partial charge in [-0.15, -0.1) is 0 Å². The number of carbonyl (C=O) groups is 2. The summed E-state index contributed by atoms with van der Waals surface area (Å²) in [5.74, 6) is 0.892. The lowest BCUT2D eigenvalue weighted by Crippen LogP contribution is -2.36. The number of anilines is 3. The standard InChI is InChI=1S/C11H18N4O.C8H10N2O3/c1-11(2)5-6-15(10(11)16)9-8(12-3)7-14(4)13-9;11-5-7-6-13-8(9-7)10-1-3-12-4-2-10/h7,12H,5-6H2,1-4H3;5-6H,1-4H2. The van der Waals surface area contributed by atoms with Crippen LogP contribution >= 0.6 is 0 Å². The highest BCUT2D eigenvalue weighted by Gasteiger charge is 2.40. The maximum atomic E-state index is 12.2. The molecule has 0 atom stereocenters. The Labute approximate surface area is 169 Å². The molecule has 0 unspecified atom stereocenters. The number of nitrogens with zero attached hydrogens (tertiary/aromatic N) is 5. The van der Waals surface area contributed by atoms with E-state index in [4.69, 9.17) is 9.15 Å². The first-order valence-electron chi connectivity index (χ1n) is 9.62. The predicted molar refractivity (Wildman–Crippen MR) is 108 cm³/mol. The normalized spacial score (nSPS) is 18.4. The highest BCUT2D eigenvalue weighted by Crippen LogP contribution is 2.36. The number of morpholine rings is 1. The van der Waals surface area contributed by atoms with Crippen molar-refractivity contribution >= 4 is 29.7 Å². The lowest BCUT2D eigenvalue weighted by Gasteiger charge is -2.24. The van der Waals surface area contributed by atoms with E-state index in [9.17, 15) is 9.59 Å². The van der Waals surface area contributed by atoms with Crippen molar-refractivity contribution < 1.29 is 18.7 Å². The molecule has 0 bridgehead atoms. The summed E-state index contributed by atoms with van der Waals surface area (Å²) < 4.78 is 12.0. The SMILES string of the molecule is CNc1cn(C)nc1N1CCC(C)(C)C1=O.O=Cc1coc(N2CCOCC2)n1. The maximum Gasteiger partial charge on any atom is 0.298 e. The molecule has 4 heterocycles. The second-order valence-electron chi connectivity index (χ2n) is 7.65. The maximum absolute atomic E-state index is 12.2. The third-order valence-corrected chi connectivity index (χ3v) is 5.03. The molecule has 0 radical (unpaired) electrons. The molecule has 0 spiro atoms. The summed E-state index contributed by atoms with van der Waals surface area (Å²) in [6.45, 7) is 7.60. The molecular weight excluding hydrogens is 376 g/mol. The first kappa shape index (κ1) is 20.8. The highest BCUT2D eigenvalue weighted by atomic mass is 16.5. The van der Waals surface area contributed by atoms with E-state index >= 15 is 0 Å². The Balaban J connectivity index is 0.000000169. The van der Waals surface area contributed by atoms with Gasteiger partial charge in [0.25, 0.3) is 6.01 Å². The van der Waals surface area contributed by atoms with Crippen LogP contribution < -0.4 is 15.1 Å². The van der Waals surface area contributed by atoms with Gasteiger partial charge in [0.05, 0.1) is 25.1 Å². The van der Waals surface area contributed by atoms with Crippen molar-refractivity contribution in [2.45, 2.75) is 20.3 Å². The van der Waals surface area contributed by atoms with Gasteiger partial charge in [-0.05, 0) is 6.42 Å². The Morgan fingerprint density at radius 1 is 1.24 bits per heavy atom. The number of hydrogen-bond acceptors (Lipinski definition) is 8. The van der Waals surface area contributed by atoms with Gasteiger partial charge < -0.3 is 19.4 Å². The van der Waals surface area contributed by atoms with Crippen molar-refractivity contribution in [3.8, 4) is 0 Å². The van der Waals surface area contributed by atoms with Crippen LogP contribution in [0.3, 0.4) is 0 Å². The molecule has 2 aromatic heterocycles. The Kier molecular flexibility index (Phi) is 6.21. The molecule has 1 amide bonds. The Hall–Kier alpha value is -2.88. The molecule has 2 aliphatic rings. The number of carbonyl (C=O) groups excluding carboxylic acids is 2. The fourth-order valence-corrected chi connectivity index (χ4v) is 3.25. The zero-order valence-corrected chi connectivity index (χ0v) is 17.3. The molecule has 0 saturated carbocycles. The number of aromatic nitrogens is 3. The molecule has 2 aliphatic heterocycles. The van der Waals surface area contributed by atoms with Crippen LogP contribution in [0.2, 0.25) is 0 Å². The van der Waals surface area contributed by atoms with Crippen molar-refractivity contribution in [3.63, 3.8) is 0 Å². The number of aryl methyl sites for hydroxylation is 1. The molecule has 158 valence electrons. The van der Waals surface area contributed by atoms with Crippen LogP contribution in [0.15, 0.2) is 16.9 Å². The summed E-state index contributed by atoms with van der Waals surface area (Å²) in [5.41, 5.74) is 0.970. The predicted octanol–water partition coefficient (Wildman–Crippen LogP) is 1.55. The average molecular weight is 404 g/mol. The number of amides is 1. The molecule has 2 saturated heterocycles. The van der Waals surface area contributed by atoms with Gasteiger partial charge in [0, 0.05) is 39.1 Å². The third-order valence-electron chi connectivity index (χ3n) is 5.03. The van der Waals surface area contributed by atoms with Gasteiger partial charge in [-0.2, -0.15) is 10.1 Å². The minimum Gasteiger partial charge on any atom is -0.431 e. The van der Waals surface area contributed by atoms with E-state index in [1.165, 1.54) is 6.26 Å². The van der Waals surface area contributed by atoms with Gasteiger partial charge in [-0.1, -0.05) is 13.8 Å². The second kappa shape index (κ2) is 8.64. The van der Waals surface area contributed by atoms with E-state index in [1.807, 2.05) is 39.0 Å². The average Bonchev–Trinajstić information content (AvgIpc) is 3.41. The van der Waals surface area contributed by atoms with Crippen LogP contribution in [0.4, 0.5) is 17.5 Å². The summed E-state index contributed by atoms with van der Waals surface area (Å²) in [5, 5.41) is 7.40. The van der Waals surface area contributed by atoms with Crippen molar-refractivity contribution in [1.29, 1.82) is 0 Å². The quantitative estimate of drug-likeness (QED) is 0.765. The highest BCUT2D eigenvalue weighted by molar-refractivity contribution is 6.00. The molecule has 2 aromatic rings. The van der Waals surface area contributed by atoms with Crippen LogP contribution in [0.1, 0.15) is 30.8 Å². The van der Waals surface area contributed by atoms with Gasteiger partial charge in [-0.3, -0.25) is 19.2 Å². The number of ether oxygens (including phenoxy) is 1. The Morgan fingerprint density at radius 3 is 2.52 bits per heavy atom. The molecule has 29 heavy (non-hydrogen) atoms. The van der Waals surface area contributed by atoms with E-state index in [0.29, 0.717) is 31.2 Å². The van der Waals surface area contributed by atoms with Crippen LogP contribution in [0, 0.1) is 5.41 Å². The molecule has 1 N–H and O–H groups in total. The van der Waals surface area contributed by atoms with Crippen LogP contribution in [0.5, 0.6) is 0 Å². The van der Waals surface area contributed by atoms with E-state index < -0.39 is 0 Å². The first-order chi connectivity index (χ1) is 13.9. The summed E-state index contributed by atoms with van der Waals surface area (Å²) in [7, 11) is 3.70. The summed E-state index contributed by atoms with van der Waals surface area (Å²) in [6, 6.07) is 0.505. The van der Waals surface area contributed by atoms with Gasteiger partial charge >= 0.3 is 0 Å². The van der Waals surface area contributed by atoms with Gasteiger partial charge in [0.2, 0.25) is 5.91 Å². The van der Waals surface area contributed by atoms with Crippen LogP contribution in [-0.4, -0.2) is 66.9 Å². The number of nitrogens with one attached hydrogen (secondary N) is 1. The first-order valence-corrected chi connectivity index (χ1v) is 9.62. The van der Waals surface area contributed by atoms with Crippen molar-refractivity contribution in [1.82, 2.24) is 14.8 Å². The van der Waals surface area contributed by atoms with E-state index in [-0.39, 0.29) is 11.3 Å². The van der Waals surface area contributed by atoms with Gasteiger partial charge in [0.1, 0.15) is 12.0 Å². The lowest BCUT2D eigenvalue weighted by molar-refractivity contribution is -0.124. The molecular formula is C19H28N6O4. The van der Waals surface area contributed by atoms with Crippen LogP contribution in [0.25, 0.3) is 0 Å².